The van der Waals surface area contributed by atoms with E-state index in [1.807, 2.05) is 0 Å². The molecule has 5 nitrogen and oxygen atoms in total. The van der Waals surface area contributed by atoms with E-state index in [2.05, 4.69) is 62.5 Å². The van der Waals surface area contributed by atoms with Crippen molar-refractivity contribution >= 4 is 11.8 Å². The summed E-state index contributed by atoms with van der Waals surface area (Å²) in [6.07, 6.45) is 40.7. The number of rotatable bonds is 29. The van der Waals surface area contributed by atoms with Gasteiger partial charge in [0.25, 0.3) is 5.79 Å². The van der Waals surface area contributed by atoms with Crippen LogP contribution in [-0.4, -0.2) is 22.6 Å². The van der Waals surface area contributed by atoms with Crippen LogP contribution in [0.3, 0.4) is 0 Å². The molecule has 0 aromatic rings. The zero-order valence-corrected chi connectivity index (χ0v) is 26.3. The fraction of sp³-hybridized carbons (Fsp3) is 0.722. The number of carboxylic acids is 1. The van der Waals surface area contributed by atoms with Crippen molar-refractivity contribution in [3.8, 4) is 0 Å². The molecule has 1 rings (SSSR count). The molecule has 1 aliphatic rings. The quantitative estimate of drug-likeness (QED) is 0.0317. The van der Waals surface area contributed by atoms with E-state index in [-0.39, 0.29) is 0 Å². The van der Waals surface area contributed by atoms with Crippen LogP contribution in [0.4, 0.5) is 0 Å². The van der Waals surface area contributed by atoms with Crippen molar-refractivity contribution in [2.45, 2.75) is 161 Å². The first-order valence-corrected chi connectivity index (χ1v) is 16.8. The smallest absolute Gasteiger partial charge is 0.314 e. The number of allylic oxidation sites excluding steroid dienone is 8. The van der Waals surface area contributed by atoms with Crippen LogP contribution in [0.1, 0.15) is 155 Å². The maximum absolute atomic E-state index is 12.9. The van der Waals surface area contributed by atoms with Crippen LogP contribution in [-0.2, 0) is 19.4 Å². The summed E-state index contributed by atoms with van der Waals surface area (Å²) in [6.45, 7) is 4.45. The van der Waals surface area contributed by atoms with Crippen LogP contribution < -0.4 is 0 Å². The number of unbranched alkanes of at least 4 members (excludes halogenated alkanes) is 14. The summed E-state index contributed by atoms with van der Waals surface area (Å²) in [5, 5.41) is 9.68. The average Bonchev–Trinajstić information content (AvgIpc) is 3.76. The van der Waals surface area contributed by atoms with Gasteiger partial charge in [0.05, 0.1) is 0 Å². The van der Waals surface area contributed by atoms with Crippen LogP contribution in [0.5, 0.6) is 0 Å². The Bertz CT molecular complexity index is 775. The zero-order chi connectivity index (χ0) is 29.9. The summed E-state index contributed by atoms with van der Waals surface area (Å²) in [4.78, 5) is 34.9. The lowest BCUT2D eigenvalue weighted by Crippen LogP contribution is -2.35. The first-order valence-electron chi connectivity index (χ1n) is 16.8. The molecule has 1 atom stereocenters. The lowest BCUT2D eigenvalue weighted by Gasteiger charge is -2.14. The summed E-state index contributed by atoms with van der Waals surface area (Å²) in [6, 6.07) is 0. The molecule has 1 aliphatic heterocycles. The van der Waals surface area contributed by atoms with Crippen LogP contribution in [0.15, 0.2) is 48.6 Å². The predicted octanol–water partition coefficient (Wildman–Crippen LogP) is 10.8. The number of hydrogen-bond acceptors (Lipinski definition) is 4. The van der Waals surface area contributed by atoms with E-state index < -0.39 is 23.5 Å². The third-order valence-electron chi connectivity index (χ3n) is 7.67. The predicted molar refractivity (Wildman–Crippen MR) is 171 cm³/mol. The van der Waals surface area contributed by atoms with Gasteiger partial charge in [0.1, 0.15) is 5.92 Å². The third-order valence-corrected chi connectivity index (χ3v) is 7.67. The number of ketones is 1. The van der Waals surface area contributed by atoms with Gasteiger partial charge >= 0.3 is 5.97 Å². The first kappa shape index (κ1) is 37.0. The van der Waals surface area contributed by atoms with Crippen molar-refractivity contribution in [1.29, 1.82) is 0 Å². The molecule has 5 heteroatoms. The summed E-state index contributed by atoms with van der Waals surface area (Å²) >= 11 is 0. The van der Waals surface area contributed by atoms with Crippen molar-refractivity contribution in [3.05, 3.63) is 48.6 Å². The molecule has 0 bridgehead atoms. The minimum atomic E-state index is -1.32. The summed E-state index contributed by atoms with van der Waals surface area (Å²) in [7, 11) is 0. The maximum Gasteiger partial charge on any atom is 0.314 e. The lowest BCUT2D eigenvalue weighted by atomic mass is 9.90. The second-order valence-electron chi connectivity index (χ2n) is 11.5. The van der Waals surface area contributed by atoms with Crippen molar-refractivity contribution in [1.82, 2.24) is 0 Å². The number of carbonyl (C=O) groups is 2. The van der Waals surface area contributed by atoms with E-state index in [0.717, 1.165) is 77.0 Å². The van der Waals surface area contributed by atoms with Gasteiger partial charge in [-0.3, -0.25) is 9.59 Å². The average molecular weight is 573 g/mol. The van der Waals surface area contributed by atoms with E-state index in [1.54, 1.807) is 0 Å². The van der Waals surface area contributed by atoms with Gasteiger partial charge < -0.3 is 5.11 Å². The molecule has 0 aromatic carbocycles. The highest BCUT2D eigenvalue weighted by Gasteiger charge is 2.58. The molecule has 1 heterocycles. The largest absolute Gasteiger partial charge is 0.481 e. The Labute approximate surface area is 251 Å². The van der Waals surface area contributed by atoms with Gasteiger partial charge in [-0.2, -0.15) is 9.78 Å². The standard InChI is InChI=1S/C36H60O5/c1-3-5-7-9-11-13-15-17-19-21-23-25-27-29-31-33(35(38)39)34(37)36(40-41-36)32-30-28-26-24-22-20-18-16-14-12-10-8-6-4-2/h11-14,17-20,33H,3-10,15-16,21-32H2,1-2H3,(H,38,39)/b13-11-,14-12-,19-17-,20-18-. The van der Waals surface area contributed by atoms with Gasteiger partial charge in [0.15, 0.2) is 0 Å². The lowest BCUT2D eigenvalue weighted by molar-refractivity contribution is -0.148. The van der Waals surface area contributed by atoms with Crippen LogP contribution >= 0.6 is 0 Å². The van der Waals surface area contributed by atoms with Crippen molar-refractivity contribution in [2.24, 2.45) is 5.92 Å². The summed E-state index contributed by atoms with van der Waals surface area (Å²) < 4.78 is 0. The number of carbonyl (C=O) groups excluding carboxylic acids is 1. The normalized spacial score (nSPS) is 15.6. The fourth-order valence-corrected chi connectivity index (χ4v) is 4.95. The SMILES string of the molecule is CCCCC/C=C\C/C=C\CCCCCCC(C(=O)O)C(=O)C1(CCCCCC/C=C\C/C=C\CCCCC)OO1. The summed E-state index contributed by atoms with van der Waals surface area (Å²) in [5.74, 6) is -3.85. The Morgan fingerprint density at radius 2 is 1.00 bits per heavy atom. The number of hydrogen-bond donors (Lipinski definition) is 1. The highest BCUT2D eigenvalue weighted by Crippen LogP contribution is 2.39. The molecule has 1 N–H and O–H groups in total. The molecule has 41 heavy (non-hydrogen) atoms. The van der Waals surface area contributed by atoms with Gasteiger partial charge in [-0.25, -0.2) is 0 Å². The second-order valence-corrected chi connectivity index (χ2v) is 11.5. The van der Waals surface area contributed by atoms with Crippen LogP contribution in [0.25, 0.3) is 0 Å². The highest BCUT2D eigenvalue weighted by atomic mass is 17.4. The van der Waals surface area contributed by atoms with Crippen molar-refractivity contribution in [2.75, 3.05) is 0 Å². The molecule has 0 spiro atoms. The molecule has 0 amide bonds. The Kier molecular flexibility index (Phi) is 23.2. The minimum Gasteiger partial charge on any atom is -0.481 e. The van der Waals surface area contributed by atoms with Gasteiger partial charge in [-0.15, -0.1) is 0 Å². The molecule has 234 valence electrons. The van der Waals surface area contributed by atoms with Crippen LogP contribution in [0.2, 0.25) is 0 Å². The van der Waals surface area contributed by atoms with Crippen LogP contribution in [0, 0.1) is 5.92 Å². The molecule has 1 fully saturated rings. The zero-order valence-electron chi connectivity index (χ0n) is 26.3. The minimum absolute atomic E-state index is 0.349. The maximum atomic E-state index is 12.9. The van der Waals surface area contributed by atoms with Gasteiger partial charge in [-0.05, 0) is 77.0 Å². The molecule has 0 saturated carbocycles. The first-order chi connectivity index (χ1) is 20.1. The molecule has 0 aromatic heterocycles. The van der Waals surface area contributed by atoms with Gasteiger partial charge in [-0.1, -0.05) is 120 Å². The molecule has 0 radical (unpaired) electrons. The number of Topliss-reactive ketones (excluding diaryl/α,β-unsaturated/α-hetero) is 1. The van der Waals surface area contributed by atoms with Crippen molar-refractivity contribution < 1.29 is 24.5 Å². The van der Waals surface area contributed by atoms with E-state index >= 15 is 0 Å². The fourth-order valence-electron chi connectivity index (χ4n) is 4.95. The number of aliphatic carboxylic acids is 1. The second kappa shape index (κ2) is 25.7. The molecular formula is C36H60O5. The highest BCUT2D eigenvalue weighted by molar-refractivity contribution is 6.02. The Morgan fingerprint density at radius 1 is 0.585 bits per heavy atom. The van der Waals surface area contributed by atoms with Crippen molar-refractivity contribution in [3.63, 3.8) is 0 Å². The molecule has 1 unspecified atom stereocenters. The van der Waals surface area contributed by atoms with E-state index in [1.165, 1.54) is 51.4 Å². The monoisotopic (exact) mass is 572 g/mol. The third kappa shape index (κ3) is 19.7. The van der Waals surface area contributed by atoms with E-state index in [4.69, 9.17) is 9.78 Å². The molecule has 0 aliphatic carbocycles. The Hall–Kier alpha value is -1.98. The van der Waals surface area contributed by atoms with E-state index in [0.29, 0.717) is 12.8 Å². The summed E-state index contributed by atoms with van der Waals surface area (Å²) in [5.41, 5.74) is 0. The number of carboxylic acid groups (broad SMARTS) is 1. The topological polar surface area (TPSA) is 79.4 Å². The Morgan fingerprint density at radius 3 is 1.41 bits per heavy atom. The molecular weight excluding hydrogens is 512 g/mol. The van der Waals surface area contributed by atoms with Gasteiger partial charge in [0, 0.05) is 6.42 Å². The van der Waals surface area contributed by atoms with Gasteiger partial charge in [0.2, 0.25) is 5.78 Å². The molecule has 1 saturated heterocycles. The Balaban J connectivity index is 2.12. The van der Waals surface area contributed by atoms with E-state index in [9.17, 15) is 14.7 Å².